The van der Waals surface area contributed by atoms with Crippen LogP contribution in [0.25, 0.3) is 0 Å². The second-order valence-electron chi connectivity index (χ2n) is 5.00. The molecule has 0 aromatic rings. The molecule has 1 aliphatic heterocycles. The van der Waals surface area contributed by atoms with Gasteiger partial charge in [0, 0.05) is 13.1 Å². The summed E-state index contributed by atoms with van der Waals surface area (Å²) in [6, 6.07) is 0. The molecule has 1 aliphatic carbocycles. The Morgan fingerprint density at radius 3 is 2.07 bits per heavy atom. The van der Waals surface area contributed by atoms with Crippen LogP contribution in [-0.2, 0) is 4.79 Å². The molecule has 0 radical (unpaired) electrons. The molecular weight excluding hydrogens is 190 g/mol. The Bertz CT molecular complexity index is 222. The van der Waals surface area contributed by atoms with Crippen molar-refractivity contribution in [2.24, 2.45) is 5.41 Å². The third-order valence-corrected chi connectivity index (χ3v) is 3.96. The summed E-state index contributed by atoms with van der Waals surface area (Å²) in [5, 5.41) is 9.36. The van der Waals surface area contributed by atoms with Crippen molar-refractivity contribution in [3.8, 4) is 0 Å². The lowest BCUT2D eigenvalue weighted by molar-refractivity contribution is -0.150. The Balaban J connectivity index is 1.98. The minimum Gasteiger partial charge on any atom is -0.395 e. The van der Waals surface area contributed by atoms with Crippen LogP contribution in [0.3, 0.4) is 0 Å². The topological polar surface area (TPSA) is 40.5 Å². The maximum absolute atomic E-state index is 12.3. The molecule has 0 atom stereocenters. The first-order chi connectivity index (χ1) is 7.28. The van der Waals surface area contributed by atoms with E-state index in [1.54, 1.807) is 0 Å². The summed E-state index contributed by atoms with van der Waals surface area (Å²) < 4.78 is 0. The molecule has 0 unspecified atom stereocenters. The van der Waals surface area contributed by atoms with Crippen molar-refractivity contribution in [3.05, 3.63) is 0 Å². The summed E-state index contributed by atoms with van der Waals surface area (Å²) in [7, 11) is 0. The van der Waals surface area contributed by atoms with Crippen LogP contribution in [0.4, 0.5) is 0 Å². The number of carbonyl (C=O) groups is 1. The van der Waals surface area contributed by atoms with Crippen LogP contribution in [0.1, 0.15) is 44.9 Å². The van der Waals surface area contributed by atoms with Crippen LogP contribution in [0.2, 0.25) is 0 Å². The predicted octanol–water partition coefficient (Wildman–Crippen LogP) is 1.55. The van der Waals surface area contributed by atoms with E-state index in [9.17, 15) is 9.90 Å². The zero-order chi connectivity index (χ0) is 10.7. The fraction of sp³-hybridized carbons (Fsp3) is 0.917. The Morgan fingerprint density at radius 1 is 1.07 bits per heavy atom. The van der Waals surface area contributed by atoms with Crippen molar-refractivity contribution < 1.29 is 9.90 Å². The van der Waals surface area contributed by atoms with Crippen LogP contribution in [0.15, 0.2) is 0 Å². The summed E-state index contributed by atoms with van der Waals surface area (Å²) in [5.41, 5.74) is -0.385. The molecule has 0 spiro atoms. The van der Waals surface area contributed by atoms with Gasteiger partial charge in [-0.2, -0.15) is 0 Å². The summed E-state index contributed by atoms with van der Waals surface area (Å²) in [5.74, 6) is 0.221. The van der Waals surface area contributed by atoms with Crippen molar-refractivity contribution in [1.29, 1.82) is 0 Å². The standard InChI is InChI=1S/C12H21NO2/c14-10-12(6-5-7-12)11(15)13-8-3-1-2-4-9-13/h14H,1-10H2. The number of nitrogens with zero attached hydrogens (tertiary/aromatic N) is 1. The average molecular weight is 211 g/mol. The molecule has 1 heterocycles. The van der Waals surface area contributed by atoms with Gasteiger partial charge >= 0.3 is 0 Å². The van der Waals surface area contributed by atoms with E-state index in [0.29, 0.717) is 0 Å². The molecule has 15 heavy (non-hydrogen) atoms. The van der Waals surface area contributed by atoms with Gasteiger partial charge in [0.2, 0.25) is 5.91 Å². The van der Waals surface area contributed by atoms with Gasteiger partial charge in [-0.15, -0.1) is 0 Å². The lowest BCUT2D eigenvalue weighted by Crippen LogP contribution is -2.50. The van der Waals surface area contributed by atoms with Gasteiger partial charge in [-0.25, -0.2) is 0 Å². The van der Waals surface area contributed by atoms with Gasteiger partial charge in [0.05, 0.1) is 12.0 Å². The second kappa shape index (κ2) is 4.52. The molecule has 0 aromatic heterocycles. The van der Waals surface area contributed by atoms with E-state index in [0.717, 1.165) is 45.2 Å². The molecule has 0 aromatic carbocycles. The minimum absolute atomic E-state index is 0.0440. The number of likely N-dealkylation sites (tertiary alicyclic amines) is 1. The number of hydrogen-bond donors (Lipinski definition) is 1. The first-order valence-electron chi connectivity index (χ1n) is 6.19. The maximum Gasteiger partial charge on any atom is 0.231 e. The lowest BCUT2D eigenvalue weighted by atomic mass is 9.68. The van der Waals surface area contributed by atoms with E-state index < -0.39 is 0 Å². The molecule has 1 saturated heterocycles. The molecule has 1 amide bonds. The van der Waals surface area contributed by atoms with E-state index in [2.05, 4.69) is 0 Å². The summed E-state index contributed by atoms with van der Waals surface area (Å²) >= 11 is 0. The molecule has 2 rings (SSSR count). The molecular formula is C12H21NO2. The number of carbonyl (C=O) groups excluding carboxylic acids is 1. The van der Waals surface area contributed by atoms with E-state index in [1.165, 1.54) is 12.8 Å². The Morgan fingerprint density at radius 2 is 1.67 bits per heavy atom. The molecule has 1 saturated carbocycles. The lowest BCUT2D eigenvalue weighted by Gasteiger charge is -2.42. The number of aliphatic hydroxyl groups is 1. The second-order valence-corrected chi connectivity index (χ2v) is 5.00. The van der Waals surface area contributed by atoms with Gasteiger partial charge in [0.1, 0.15) is 0 Å². The van der Waals surface area contributed by atoms with Gasteiger partial charge in [-0.05, 0) is 25.7 Å². The molecule has 2 aliphatic rings. The van der Waals surface area contributed by atoms with Crippen LogP contribution in [0, 0.1) is 5.41 Å². The highest BCUT2D eigenvalue weighted by molar-refractivity contribution is 5.83. The van der Waals surface area contributed by atoms with Crippen molar-refractivity contribution in [1.82, 2.24) is 4.90 Å². The van der Waals surface area contributed by atoms with E-state index in [1.807, 2.05) is 4.90 Å². The highest BCUT2D eigenvalue weighted by atomic mass is 16.3. The normalized spacial score (nSPS) is 25.5. The first-order valence-corrected chi connectivity index (χ1v) is 6.19. The zero-order valence-corrected chi connectivity index (χ0v) is 9.37. The summed E-state index contributed by atoms with van der Waals surface area (Å²) in [6.07, 6.45) is 7.63. The Labute approximate surface area is 91.5 Å². The highest BCUT2D eigenvalue weighted by Gasteiger charge is 2.45. The molecule has 0 bridgehead atoms. The molecule has 3 nitrogen and oxygen atoms in total. The molecule has 2 fully saturated rings. The van der Waals surface area contributed by atoms with Gasteiger partial charge in [0.15, 0.2) is 0 Å². The van der Waals surface area contributed by atoms with Crippen molar-refractivity contribution in [2.45, 2.75) is 44.9 Å². The number of hydrogen-bond acceptors (Lipinski definition) is 2. The summed E-state index contributed by atoms with van der Waals surface area (Å²) in [4.78, 5) is 14.2. The van der Waals surface area contributed by atoms with Gasteiger partial charge < -0.3 is 10.0 Å². The first kappa shape index (κ1) is 10.9. The number of aliphatic hydroxyl groups excluding tert-OH is 1. The van der Waals surface area contributed by atoms with E-state index >= 15 is 0 Å². The highest BCUT2D eigenvalue weighted by Crippen LogP contribution is 2.42. The predicted molar refractivity (Wildman–Crippen MR) is 58.4 cm³/mol. The van der Waals surface area contributed by atoms with Crippen LogP contribution >= 0.6 is 0 Å². The third kappa shape index (κ3) is 2.03. The Kier molecular flexibility index (Phi) is 3.29. The monoisotopic (exact) mass is 211 g/mol. The van der Waals surface area contributed by atoms with Gasteiger partial charge in [-0.3, -0.25) is 4.79 Å². The van der Waals surface area contributed by atoms with Crippen molar-refractivity contribution in [2.75, 3.05) is 19.7 Å². The fourth-order valence-electron chi connectivity index (χ4n) is 2.65. The zero-order valence-electron chi connectivity index (χ0n) is 9.37. The van der Waals surface area contributed by atoms with Crippen LogP contribution < -0.4 is 0 Å². The summed E-state index contributed by atoms with van der Waals surface area (Å²) in [6.45, 7) is 1.85. The van der Waals surface area contributed by atoms with E-state index in [-0.39, 0.29) is 17.9 Å². The number of rotatable bonds is 2. The third-order valence-electron chi connectivity index (χ3n) is 3.96. The smallest absolute Gasteiger partial charge is 0.231 e. The van der Waals surface area contributed by atoms with Crippen LogP contribution in [-0.4, -0.2) is 35.6 Å². The minimum atomic E-state index is -0.385. The quantitative estimate of drug-likeness (QED) is 0.753. The van der Waals surface area contributed by atoms with Crippen molar-refractivity contribution >= 4 is 5.91 Å². The molecule has 86 valence electrons. The fourth-order valence-corrected chi connectivity index (χ4v) is 2.65. The number of amides is 1. The van der Waals surface area contributed by atoms with Gasteiger partial charge in [-0.1, -0.05) is 19.3 Å². The van der Waals surface area contributed by atoms with Crippen molar-refractivity contribution in [3.63, 3.8) is 0 Å². The van der Waals surface area contributed by atoms with Gasteiger partial charge in [0.25, 0.3) is 0 Å². The Hall–Kier alpha value is -0.570. The molecule has 1 N–H and O–H groups in total. The largest absolute Gasteiger partial charge is 0.395 e. The average Bonchev–Trinajstić information content (AvgIpc) is 2.44. The van der Waals surface area contributed by atoms with Crippen LogP contribution in [0.5, 0.6) is 0 Å². The SMILES string of the molecule is O=C(N1CCCCCC1)C1(CO)CCC1. The van der Waals surface area contributed by atoms with E-state index in [4.69, 9.17) is 0 Å². The maximum atomic E-state index is 12.3. The molecule has 3 heteroatoms.